The molecule has 0 amide bonds. The first-order valence-corrected chi connectivity index (χ1v) is 6.79. The van der Waals surface area contributed by atoms with Gasteiger partial charge in [-0.05, 0) is 34.5 Å². The highest BCUT2D eigenvalue weighted by atomic mass is 79.9. The molecule has 0 fully saturated rings. The van der Waals surface area contributed by atoms with Crippen molar-refractivity contribution in [2.24, 2.45) is 0 Å². The molecule has 22 heavy (non-hydrogen) atoms. The van der Waals surface area contributed by atoms with Crippen LogP contribution in [-0.4, -0.2) is 21.0 Å². The second-order valence-electron chi connectivity index (χ2n) is 4.31. The minimum absolute atomic E-state index is 0.0206. The quantitative estimate of drug-likeness (QED) is 0.251. The fourth-order valence-electron chi connectivity index (χ4n) is 1.71. The Morgan fingerprint density at radius 1 is 1.45 bits per heavy atom. The van der Waals surface area contributed by atoms with Crippen LogP contribution in [0.15, 0.2) is 34.9 Å². The van der Waals surface area contributed by atoms with Crippen molar-refractivity contribution in [2.75, 3.05) is 0 Å². The van der Waals surface area contributed by atoms with E-state index in [1.54, 1.807) is 18.5 Å². The molecule has 0 spiro atoms. The van der Waals surface area contributed by atoms with E-state index in [1.807, 2.05) is 0 Å². The van der Waals surface area contributed by atoms with Crippen LogP contribution in [0.5, 0.6) is 11.5 Å². The molecule has 0 unspecified atom stereocenters. The number of nitrogens with one attached hydrogen (secondary N) is 2. The maximum Gasteiger partial charge on any atom is 0.269 e. The lowest BCUT2D eigenvalue weighted by molar-refractivity contribution is -0.384. The summed E-state index contributed by atoms with van der Waals surface area (Å²) >= 11 is 3.19. The molecule has 0 radical (unpaired) electrons. The van der Waals surface area contributed by atoms with Crippen LogP contribution in [0.2, 0.25) is 0 Å². The lowest BCUT2D eigenvalue weighted by atomic mass is 10.2. The zero-order valence-electron chi connectivity index (χ0n) is 11.3. The molecule has 0 atom stereocenters. The number of halogens is 1. The van der Waals surface area contributed by atoms with E-state index in [-0.39, 0.29) is 17.2 Å². The van der Waals surface area contributed by atoms with E-state index in [9.17, 15) is 10.1 Å². The number of ether oxygens (including phenoxy) is 1. The van der Waals surface area contributed by atoms with Crippen molar-refractivity contribution in [3.8, 4) is 11.5 Å². The average molecular weight is 367 g/mol. The van der Waals surface area contributed by atoms with Crippen LogP contribution in [0.25, 0.3) is 0 Å². The first-order chi connectivity index (χ1) is 10.4. The normalized spacial score (nSPS) is 10.1. The molecule has 1 heterocycles. The predicted molar refractivity (Wildman–Crippen MR) is 81.6 cm³/mol. The van der Waals surface area contributed by atoms with Gasteiger partial charge in [0, 0.05) is 24.3 Å². The number of nitro groups is 1. The van der Waals surface area contributed by atoms with Gasteiger partial charge in [0.15, 0.2) is 5.84 Å². The Bertz CT molecular complexity index is 751. The molecule has 0 aliphatic rings. The van der Waals surface area contributed by atoms with Crippen molar-refractivity contribution in [1.82, 2.24) is 10.5 Å². The highest BCUT2D eigenvalue weighted by Crippen LogP contribution is 2.29. The van der Waals surface area contributed by atoms with Gasteiger partial charge in [-0.3, -0.25) is 26.2 Å². The molecule has 2 rings (SSSR count). The van der Waals surface area contributed by atoms with Crippen LogP contribution in [0.4, 0.5) is 5.69 Å². The van der Waals surface area contributed by atoms with Crippen LogP contribution in [0.3, 0.4) is 0 Å². The molecule has 114 valence electrons. The number of aryl methyl sites for hydroxylation is 1. The van der Waals surface area contributed by atoms with Crippen molar-refractivity contribution < 1.29 is 14.9 Å². The Morgan fingerprint density at radius 2 is 2.18 bits per heavy atom. The molecule has 0 saturated heterocycles. The lowest BCUT2D eigenvalue weighted by Gasteiger charge is -2.10. The van der Waals surface area contributed by atoms with Gasteiger partial charge in [-0.25, -0.2) is 4.98 Å². The maximum atomic E-state index is 10.7. The van der Waals surface area contributed by atoms with Crippen molar-refractivity contribution in [1.29, 1.82) is 5.41 Å². The van der Waals surface area contributed by atoms with Gasteiger partial charge < -0.3 is 4.74 Å². The van der Waals surface area contributed by atoms with Crippen molar-refractivity contribution in [3.05, 3.63) is 56.3 Å². The Morgan fingerprint density at radius 3 is 2.77 bits per heavy atom. The molecule has 0 aliphatic heterocycles. The van der Waals surface area contributed by atoms with Gasteiger partial charge in [0.25, 0.3) is 5.69 Å². The fraction of sp³-hybridized carbons (Fsp3) is 0.0769. The van der Waals surface area contributed by atoms with E-state index in [0.29, 0.717) is 21.7 Å². The van der Waals surface area contributed by atoms with Crippen molar-refractivity contribution in [2.45, 2.75) is 6.92 Å². The minimum Gasteiger partial charge on any atom is -0.457 e. The first kappa shape index (κ1) is 15.9. The van der Waals surface area contributed by atoms with Gasteiger partial charge in [-0.2, -0.15) is 0 Å². The van der Waals surface area contributed by atoms with Crippen LogP contribution < -0.4 is 10.2 Å². The number of hydrogen-bond acceptors (Lipinski definition) is 6. The number of amidine groups is 1. The van der Waals surface area contributed by atoms with E-state index >= 15 is 0 Å². The van der Waals surface area contributed by atoms with Crippen LogP contribution >= 0.6 is 15.9 Å². The van der Waals surface area contributed by atoms with Crippen molar-refractivity contribution in [3.63, 3.8) is 0 Å². The second kappa shape index (κ2) is 6.50. The number of benzene rings is 1. The summed E-state index contributed by atoms with van der Waals surface area (Å²) in [5.41, 5.74) is 2.45. The Labute approximate surface area is 133 Å². The van der Waals surface area contributed by atoms with E-state index in [1.165, 1.54) is 24.3 Å². The zero-order chi connectivity index (χ0) is 16.3. The molecule has 0 saturated carbocycles. The van der Waals surface area contributed by atoms with Crippen LogP contribution in [0.1, 0.15) is 11.3 Å². The van der Waals surface area contributed by atoms with Gasteiger partial charge in [-0.15, -0.1) is 0 Å². The standard InChI is InChI=1S/C13H11BrN4O4/c1-7-4-8(18(20)21)2-3-11(7)22-9-5-10(13(15)17-19)16-12(14)6-9/h2-6,19H,1H3,(H2,15,17). The van der Waals surface area contributed by atoms with Crippen LogP contribution in [0, 0.1) is 22.4 Å². The molecule has 0 aliphatic carbocycles. The van der Waals surface area contributed by atoms with Crippen molar-refractivity contribution >= 4 is 27.5 Å². The zero-order valence-corrected chi connectivity index (χ0v) is 12.9. The Kier molecular flexibility index (Phi) is 4.68. The number of nitrogens with zero attached hydrogens (tertiary/aromatic N) is 2. The van der Waals surface area contributed by atoms with E-state index in [2.05, 4.69) is 20.9 Å². The molecule has 9 heteroatoms. The molecule has 1 aromatic carbocycles. The number of non-ortho nitro benzene ring substituents is 1. The highest BCUT2D eigenvalue weighted by molar-refractivity contribution is 9.10. The number of hydroxylamine groups is 1. The monoisotopic (exact) mass is 366 g/mol. The van der Waals surface area contributed by atoms with Gasteiger partial charge >= 0.3 is 0 Å². The number of aromatic nitrogens is 1. The third kappa shape index (κ3) is 3.57. The molecule has 3 N–H and O–H groups in total. The largest absolute Gasteiger partial charge is 0.457 e. The summed E-state index contributed by atoms with van der Waals surface area (Å²) in [4.78, 5) is 14.2. The number of rotatable bonds is 4. The molecular weight excluding hydrogens is 356 g/mol. The third-order valence-corrected chi connectivity index (χ3v) is 3.14. The minimum atomic E-state index is -0.480. The first-order valence-electron chi connectivity index (χ1n) is 6.00. The number of hydrogen-bond donors (Lipinski definition) is 3. The molecule has 0 bridgehead atoms. The van der Waals surface area contributed by atoms with Gasteiger partial charge in [-0.1, -0.05) is 0 Å². The summed E-state index contributed by atoms with van der Waals surface area (Å²) in [5, 5.41) is 27.0. The molecular formula is C13H11BrN4O4. The second-order valence-corrected chi connectivity index (χ2v) is 5.12. The topological polar surface area (TPSA) is 121 Å². The summed E-state index contributed by atoms with van der Waals surface area (Å²) in [7, 11) is 0. The van der Waals surface area contributed by atoms with Gasteiger partial charge in [0.1, 0.15) is 21.8 Å². The Balaban J connectivity index is 2.33. The molecule has 2 aromatic rings. The molecule has 1 aromatic heterocycles. The lowest BCUT2D eigenvalue weighted by Crippen LogP contribution is -2.20. The van der Waals surface area contributed by atoms with E-state index in [0.717, 1.165) is 0 Å². The average Bonchev–Trinajstić information content (AvgIpc) is 2.47. The third-order valence-electron chi connectivity index (χ3n) is 2.73. The summed E-state index contributed by atoms with van der Waals surface area (Å²) in [6.45, 7) is 1.69. The summed E-state index contributed by atoms with van der Waals surface area (Å²) in [6.07, 6.45) is 0. The van der Waals surface area contributed by atoms with E-state index < -0.39 is 4.92 Å². The summed E-state index contributed by atoms with van der Waals surface area (Å²) in [6, 6.07) is 7.28. The summed E-state index contributed by atoms with van der Waals surface area (Å²) < 4.78 is 6.08. The SMILES string of the molecule is Cc1cc([N+](=O)[O-])ccc1Oc1cc(Br)nc(C(=N)NO)c1. The maximum absolute atomic E-state index is 10.7. The summed E-state index contributed by atoms with van der Waals surface area (Å²) in [5.74, 6) is 0.526. The van der Waals surface area contributed by atoms with Gasteiger partial charge in [0.2, 0.25) is 0 Å². The number of nitro benzene ring substituents is 1. The fourth-order valence-corrected chi connectivity index (χ4v) is 2.12. The van der Waals surface area contributed by atoms with Gasteiger partial charge in [0.05, 0.1) is 4.92 Å². The highest BCUT2D eigenvalue weighted by Gasteiger charge is 2.11. The number of pyridine rings is 1. The smallest absolute Gasteiger partial charge is 0.269 e. The van der Waals surface area contributed by atoms with E-state index in [4.69, 9.17) is 15.4 Å². The Hall–Kier alpha value is -2.52. The molecule has 8 nitrogen and oxygen atoms in total. The van der Waals surface area contributed by atoms with Crippen LogP contribution in [-0.2, 0) is 0 Å². The predicted octanol–water partition coefficient (Wildman–Crippen LogP) is 3.16.